The maximum Gasteiger partial charge on any atom is 0.144 e. The molecule has 0 radical (unpaired) electrons. The number of rotatable bonds is 1. The highest BCUT2D eigenvalue weighted by Gasteiger charge is 2.41. The third-order valence-electron chi connectivity index (χ3n) is 3.59. The van der Waals surface area contributed by atoms with Crippen molar-refractivity contribution in [3.63, 3.8) is 0 Å². The standard InChI is InChI=1S/C12H22N2OS/c1-11(2,3)16(15)14-10-4-5-12(8-10)6-7-13-9-12/h13H,4-9H2,1-3H3/b14-10+/t12?,16-/m1/s1. The van der Waals surface area contributed by atoms with E-state index in [0.717, 1.165) is 25.9 Å². The lowest BCUT2D eigenvalue weighted by atomic mass is 9.86. The van der Waals surface area contributed by atoms with Gasteiger partial charge in [0.25, 0.3) is 0 Å². The van der Waals surface area contributed by atoms with Crippen molar-refractivity contribution >= 4 is 17.1 Å². The third-order valence-corrected chi connectivity index (χ3v) is 5.06. The molecule has 1 saturated carbocycles. The van der Waals surface area contributed by atoms with Crippen molar-refractivity contribution in [3.8, 4) is 0 Å². The van der Waals surface area contributed by atoms with Crippen LogP contribution in [0.3, 0.4) is 0 Å². The molecule has 2 aliphatic rings. The molecule has 0 amide bonds. The van der Waals surface area contributed by atoms with Crippen LogP contribution in [0.4, 0.5) is 0 Å². The minimum absolute atomic E-state index is 0.226. The largest absolute Gasteiger partial charge is 0.591 e. The summed E-state index contributed by atoms with van der Waals surface area (Å²) in [6.07, 6.45) is 4.58. The Morgan fingerprint density at radius 2 is 2.12 bits per heavy atom. The van der Waals surface area contributed by atoms with Crippen molar-refractivity contribution in [1.29, 1.82) is 0 Å². The van der Waals surface area contributed by atoms with Crippen LogP contribution in [0.15, 0.2) is 4.40 Å². The Morgan fingerprint density at radius 1 is 1.38 bits per heavy atom. The van der Waals surface area contributed by atoms with E-state index >= 15 is 0 Å². The van der Waals surface area contributed by atoms with Crippen LogP contribution in [0, 0.1) is 5.41 Å². The van der Waals surface area contributed by atoms with E-state index in [1.54, 1.807) is 0 Å². The third kappa shape index (κ3) is 2.60. The summed E-state index contributed by atoms with van der Waals surface area (Å²) in [7, 11) is 0. The molecule has 1 aliphatic heterocycles. The van der Waals surface area contributed by atoms with Gasteiger partial charge in [-0.05, 0) is 58.4 Å². The summed E-state index contributed by atoms with van der Waals surface area (Å²) in [6.45, 7) is 8.20. The molecule has 2 rings (SSSR count). The van der Waals surface area contributed by atoms with Crippen molar-refractivity contribution in [3.05, 3.63) is 0 Å². The van der Waals surface area contributed by atoms with E-state index in [-0.39, 0.29) is 4.75 Å². The van der Waals surface area contributed by atoms with Gasteiger partial charge in [0.2, 0.25) is 0 Å². The Morgan fingerprint density at radius 3 is 2.69 bits per heavy atom. The molecular weight excluding hydrogens is 220 g/mol. The molecule has 1 N–H and O–H groups in total. The molecule has 1 unspecified atom stereocenters. The van der Waals surface area contributed by atoms with Gasteiger partial charge in [0, 0.05) is 6.54 Å². The van der Waals surface area contributed by atoms with Crippen LogP contribution in [-0.4, -0.2) is 28.1 Å². The van der Waals surface area contributed by atoms with Crippen molar-refractivity contribution in [1.82, 2.24) is 5.32 Å². The van der Waals surface area contributed by atoms with Gasteiger partial charge in [0.15, 0.2) is 0 Å². The van der Waals surface area contributed by atoms with Crippen LogP contribution in [0.1, 0.15) is 46.5 Å². The monoisotopic (exact) mass is 242 g/mol. The Labute approximate surface area is 101 Å². The highest BCUT2D eigenvalue weighted by molar-refractivity contribution is 7.91. The highest BCUT2D eigenvalue weighted by Crippen LogP contribution is 2.41. The molecule has 0 bridgehead atoms. The first-order chi connectivity index (χ1) is 7.41. The van der Waals surface area contributed by atoms with Gasteiger partial charge in [0.1, 0.15) is 16.1 Å². The van der Waals surface area contributed by atoms with Gasteiger partial charge in [-0.15, -0.1) is 0 Å². The molecule has 1 saturated heterocycles. The van der Waals surface area contributed by atoms with Crippen molar-refractivity contribution in [2.75, 3.05) is 13.1 Å². The second kappa shape index (κ2) is 4.31. The average Bonchev–Trinajstić information content (AvgIpc) is 2.77. The predicted octanol–water partition coefficient (Wildman–Crippen LogP) is 2.05. The van der Waals surface area contributed by atoms with E-state index in [1.807, 2.05) is 20.8 Å². The molecule has 92 valence electrons. The highest BCUT2D eigenvalue weighted by atomic mass is 32.2. The number of hydrogen-bond donors (Lipinski definition) is 1. The van der Waals surface area contributed by atoms with Crippen LogP contribution < -0.4 is 5.32 Å². The summed E-state index contributed by atoms with van der Waals surface area (Å²) in [5.74, 6) is 0. The van der Waals surface area contributed by atoms with Crippen LogP contribution in [0.2, 0.25) is 0 Å². The smallest absolute Gasteiger partial charge is 0.144 e. The molecule has 3 nitrogen and oxygen atoms in total. The lowest BCUT2D eigenvalue weighted by Crippen LogP contribution is -2.27. The Balaban J connectivity index is 2.00. The summed E-state index contributed by atoms with van der Waals surface area (Å²) in [5.41, 5.74) is 1.62. The topological polar surface area (TPSA) is 47.5 Å². The molecule has 1 heterocycles. The Bertz CT molecular complexity index is 290. The van der Waals surface area contributed by atoms with Gasteiger partial charge in [-0.3, -0.25) is 0 Å². The molecule has 2 atom stereocenters. The van der Waals surface area contributed by atoms with E-state index in [0.29, 0.717) is 5.41 Å². The van der Waals surface area contributed by atoms with E-state index in [9.17, 15) is 4.55 Å². The number of hydrogen-bond acceptors (Lipinski definition) is 3. The lowest BCUT2D eigenvalue weighted by Gasteiger charge is -2.20. The number of nitrogens with one attached hydrogen (secondary N) is 1. The van der Waals surface area contributed by atoms with Gasteiger partial charge >= 0.3 is 0 Å². The fraction of sp³-hybridized carbons (Fsp3) is 0.917. The van der Waals surface area contributed by atoms with Gasteiger partial charge in [0.05, 0.1) is 5.71 Å². The van der Waals surface area contributed by atoms with E-state index < -0.39 is 11.4 Å². The quantitative estimate of drug-likeness (QED) is 0.715. The predicted molar refractivity (Wildman–Crippen MR) is 69.1 cm³/mol. The van der Waals surface area contributed by atoms with Crippen LogP contribution in [0.25, 0.3) is 0 Å². The molecule has 1 aliphatic carbocycles. The summed E-state index contributed by atoms with van der Waals surface area (Å²) in [4.78, 5) is 0. The normalized spacial score (nSPS) is 35.1. The number of nitrogens with zero attached hydrogens (tertiary/aromatic N) is 1. The molecule has 0 aromatic carbocycles. The van der Waals surface area contributed by atoms with Gasteiger partial charge in [-0.1, -0.05) is 4.40 Å². The molecule has 16 heavy (non-hydrogen) atoms. The molecule has 1 spiro atoms. The lowest BCUT2D eigenvalue weighted by molar-refractivity contribution is 0.346. The van der Waals surface area contributed by atoms with Gasteiger partial charge in [-0.25, -0.2) is 0 Å². The minimum Gasteiger partial charge on any atom is -0.591 e. The van der Waals surface area contributed by atoms with E-state index in [1.165, 1.54) is 18.6 Å². The maximum atomic E-state index is 11.9. The van der Waals surface area contributed by atoms with Crippen LogP contribution in [0.5, 0.6) is 0 Å². The average molecular weight is 242 g/mol. The summed E-state index contributed by atoms with van der Waals surface area (Å²) in [5, 5.41) is 3.43. The minimum atomic E-state index is -1.08. The fourth-order valence-corrected chi connectivity index (χ4v) is 3.18. The van der Waals surface area contributed by atoms with E-state index in [2.05, 4.69) is 9.71 Å². The molecule has 0 aromatic heterocycles. The zero-order valence-electron chi connectivity index (χ0n) is 10.5. The zero-order chi connectivity index (χ0) is 11.8. The Kier molecular flexibility index (Phi) is 3.34. The second-order valence-corrected chi connectivity index (χ2v) is 8.03. The zero-order valence-corrected chi connectivity index (χ0v) is 11.3. The molecule has 2 fully saturated rings. The maximum absolute atomic E-state index is 11.9. The molecule has 0 aromatic rings. The van der Waals surface area contributed by atoms with Crippen molar-refractivity contribution in [2.24, 2.45) is 9.81 Å². The van der Waals surface area contributed by atoms with Crippen molar-refractivity contribution in [2.45, 2.75) is 51.2 Å². The molecule has 4 heteroatoms. The fourth-order valence-electron chi connectivity index (χ4n) is 2.51. The summed E-state index contributed by atoms with van der Waals surface area (Å²) < 4.78 is 16.1. The van der Waals surface area contributed by atoms with Crippen molar-refractivity contribution < 1.29 is 4.55 Å². The van der Waals surface area contributed by atoms with Gasteiger partial charge < -0.3 is 9.87 Å². The van der Waals surface area contributed by atoms with E-state index in [4.69, 9.17) is 0 Å². The SMILES string of the molecule is CC(C)(C)[S@@+]([O-])/N=C1\CCC2(CCNC2)C1. The van der Waals surface area contributed by atoms with Crippen LogP contribution >= 0.6 is 0 Å². The second-order valence-electron chi connectivity index (χ2n) is 6.12. The first-order valence-corrected chi connectivity index (χ1v) is 7.21. The van der Waals surface area contributed by atoms with Crippen LogP contribution in [-0.2, 0) is 11.4 Å². The summed E-state index contributed by atoms with van der Waals surface area (Å²) >= 11 is -1.08. The molecular formula is C12H22N2OS. The van der Waals surface area contributed by atoms with Gasteiger partial charge in [-0.2, -0.15) is 0 Å². The first kappa shape index (κ1) is 12.4. The first-order valence-electron chi connectivity index (χ1n) is 6.11. The Hall–Kier alpha value is -0.0600. The summed E-state index contributed by atoms with van der Waals surface area (Å²) in [6, 6.07) is 0.